The molecule has 1 N–H and O–H groups in total. The molecule has 1 saturated heterocycles. The van der Waals surface area contributed by atoms with Crippen LogP contribution < -0.4 is 5.32 Å². The summed E-state index contributed by atoms with van der Waals surface area (Å²) in [6.07, 6.45) is 1.28. The Balaban J connectivity index is 1.90. The highest BCUT2D eigenvalue weighted by Crippen LogP contribution is 2.14. The summed E-state index contributed by atoms with van der Waals surface area (Å²) in [6, 6.07) is 9.51. The Hall–Kier alpha value is -0.130. The van der Waals surface area contributed by atoms with Crippen LogP contribution in [0.3, 0.4) is 0 Å². The zero-order valence-electron chi connectivity index (χ0n) is 9.04. The van der Waals surface area contributed by atoms with Crippen molar-refractivity contribution in [2.75, 3.05) is 20.1 Å². The van der Waals surface area contributed by atoms with E-state index in [4.69, 9.17) is 0 Å². The molecule has 0 amide bonds. The van der Waals surface area contributed by atoms with Crippen molar-refractivity contribution in [3.8, 4) is 0 Å². The van der Waals surface area contributed by atoms with Gasteiger partial charge >= 0.3 is 0 Å². The van der Waals surface area contributed by atoms with E-state index in [9.17, 15) is 0 Å². The van der Waals surface area contributed by atoms with Crippen LogP contribution in [0.15, 0.2) is 24.3 Å². The third-order valence-electron chi connectivity index (χ3n) is 3.00. The molecule has 0 aliphatic carbocycles. The second kappa shape index (κ2) is 5.27. The van der Waals surface area contributed by atoms with Gasteiger partial charge in [-0.05, 0) is 53.8 Å². The molecule has 1 aromatic rings. The predicted octanol–water partition coefficient (Wildman–Crippen LogP) is 2.08. The molecule has 2 rings (SSSR count). The van der Waals surface area contributed by atoms with Gasteiger partial charge in [0.1, 0.15) is 0 Å². The average molecular weight is 316 g/mol. The molecule has 15 heavy (non-hydrogen) atoms. The van der Waals surface area contributed by atoms with Crippen LogP contribution in [-0.2, 0) is 6.54 Å². The van der Waals surface area contributed by atoms with E-state index in [0.29, 0.717) is 6.04 Å². The highest BCUT2D eigenvalue weighted by Gasteiger charge is 2.20. The Labute approximate surface area is 105 Å². The van der Waals surface area contributed by atoms with Crippen molar-refractivity contribution in [2.45, 2.75) is 19.0 Å². The number of hydrogen-bond acceptors (Lipinski definition) is 2. The molecule has 1 aliphatic rings. The van der Waals surface area contributed by atoms with E-state index in [1.807, 2.05) is 0 Å². The molecule has 3 heteroatoms. The number of nitrogens with one attached hydrogen (secondary N) is 1. The van der Waals surface area contributed by atoms with Gasteiger partial charge in [0, 0.05) is 29.2 Å². The van der Waals surface area contributed by atoms with Crippen LogP contribution in [-0.4, -0.2) is 31.1 Å². The van der Waals surface area contributed by atoms with E-state index in [2.05, 4.69) is 64.1 Å². The largest absolute Gasteiger partial charge is 0.316 e. The van der Waals surface area contributed by atoms with Crippen molar-refractivity contribution < 1.29 is 0 Å². The SMILES string of the molecule is CNC1CCN(Cc2ccc(I)cc2)C1. The molecule has 1 unspecified atom stereocenters. The zero-order chi connectivity index (χ0) is 10.7. The monoisotopic (exact) mass is 316 g/mol. The summed E-state index contributed by atoms with van der Waals surface area (Å²) in [5.74, 6) is 0. The standard InChI is InChI=1S/C12H17IN2/c1-14-12-6-7-15(9-12)8-10-2-4-11(13)5-3-10/h2-5,12,14H,6-9H2,1H3. The minimum absolute atomic E-state index is 0.689. The Morgan fingerprint density at radius 1 is 1.40 bits per heavy atom. The lowest BCUT2D eigenvalue weighted by Gasteiger charge is -2.15. The topological polar surface area (TPSA) is 15.3 Å². The van der Waals surface area contributed by atoms with E-state index in [0.717, 1.165) is 6.54 Å². The van der Waals surface area contributed by atoms with Crippen molar-refractivity contribution in [3.63, 3.8) is 0 Å². The van der Waals surface area contributed by atoms with Gasteiger partial charge in [-0.15, -0.1) is 0 Å². The summed E-state index contributed by atoms with van der Waals surface area (Å²) in [5, 5.41) is 3.35. The molecule has 0 spiro atoms. The maximum absolute atomic E-state index is 3.35. The van der Waals surface area contributed by atoms with Crippen molar-refractivity contribution >= 4 is 22.6 Å². The van der Waals surface area contributed by atoms with Crippen LogP contribution in [0.5, 0.6) is 0 Å². The fourth-order valence-electron chi connectivity index (χ4n) is 2.06. The Bertz CT molecular complexity index is 310. The van der Waals surface area contributed by atoms with Crippen LogP contribution in [0, 0.1) is 3.57 Å². The van der Waals surface area contributed by atoms with Crippen molar-refractivity contribution in [1.82, 2.24) is 10.2 Å². The zero-order valence-corrected chi connectivity index (χ0v) is 11.2. The summed E-state index contributed by atoms with van der Waals surface area (Å²) in [5.41, 5.74) is 1.42. The van der Waals surface area contributed by atoms with Gasteiger partial charge in [-0.3, -0.25) is 4.90 Å². The van der Waals surface area contributed by atoms with Gasteiger partial charge in [0.25, 0.3) is 0 Å². The molecule has 1 heterocycles. The minimum atomic E-state index is 0.689. The molecule has 0 radical (unpaired) electrons. The van der Waals surface area contributed by atoms with Crippen LogP contribution in [0.1, 0.15) is 12.0 Å². The first-order chi connectivity index (χ1) is 7.28. The van der Waals surface area contributed by atoms with E-state index in [1.54, 1.807) is 0 Å². The predicted molar refractivity (Wildman–Crippen MR) is 71.9 cm³/mol. The fraction of sp³-hybridized carbons (Fsp3) is 0.500. The number of hydrogen-bond donors (Lipinski definition) is 1. The van der Waals surface area contributed by atoms with Gasteiger partial charge in [0.05, 0.1) is 0 Å². The van der Waals surface area contributed by atoms with Crippen LogP contribution in [0.4, 0.5) is 0 Å². The van der Waals surface area contributed by atoms with Crippen LogP contribution in [0.2, 0.25) is 0 Å². The number of rotatable bonds is 3. The summed E-state index contributed by atoms with van der Waals surface area (Å²) >= 11 is 2.35. The number of likely N-dealkylation sites (tertiary alicyclic amines) is 1. The number of halogens is 1. The van der Waals surface area contributed by atoms with E-state index < -0.39 is 0 Å². The summed E-state index contributed by atoms with van der Waals surface area (Å²) < 4.78 is 1.31. The lowest BCUT2D eigenvalue weighted by atomic mass is 10.2. The van der Waals surface area contributed by atoms with Gasteiger partial charge in [-0.25, -0.2) is 0 Å². The van der Waals surface area contributed by atoms with Gasteiger partial charge in [0.2, 0.25) is 0 Å². The minimum Gasteiger partial charge on any atom is -0.316 e. The van der Waals surface area contributed by atoms with Crippen LogP contribution in [0.25, 0.3) is 0 Å². The molecule has 1 fully saturated rings. The van der Waals surface area contributed by atoms with Gasteiger partial charge in [0.15, 0.2) is 0 Å². The van der Waals surface area contributed by atoms with Crippen LogP contribution >= 0.6 is 22.6 Å². The fourth-order valence-corrected chi connectivity index (χ4v) is 2.42. The highest BCUT2D eigenvalue weighted by molar-refractivity contribution is 14.1. The number of nitrogens with zero attached hydrogens (tertiary/aromatic N) is 1. The first kappa shape index (κ1) is 11.4. The van der Waals surface area contributed by atoms with E-state index in [-0.39, 0.29) is 0 Å². The van der Waals surface area contributed by atoms with Gasteiger partial charge in [-0.1, -0.05) is 12.1 Å². The second-order valence-electron chi connectivity index (χ2n) is 4.14. The van der Waals surface area contributed by atoms with E-state index in [1.165, 1.54) is 28.6 Å². The smallest absolute Gasteiger partial charge is 0.0234 e. The molecule has 82 valence electrons. The molecular weight excluding hydrogens is 299 g/mol. The maximum Gasteiger partial charge on any atom is 0.0234 e. The molecule has 0 aromatic heterocycles. The van der Waals surface area contributed by atoms with Crippen molar-refractivity contribution in [1.29, 1.82) is 0 Å². The lowest BCUT2D eigenvalue weighted by Crippen LogP contribution is -2.29. The summed E-state index contributed by atoms with van der Waals surface area (Å²) in [6.45, 7) is 3.50. The molecule has 1 atom stereocenters. The van der Waals surface area contributed by atoms with Crippen molar-refractivity contribution in [2.24, 2.45) is 0 Å². The summed E-state index contributed by atoms with van der Waals surface area (Å²) in [7, 11) is 2.05. The first-order valence-electron chi connectivity index (χ1n) is 5.42. The molecule has 1 aromatic carbocycles. The maximum atomic E-state index is 3.35. The third-order valence-corrected chi connectivity index (χ3v) is 3.72. The second-order valence-corrected chi connectivity index (χ2v) is 5.38. The normalized spacial score (nSPS) is 22.1. The molecular formula is C12H17IN2. The quantitative estimate of drug-likeness (QED) is 0.859. The lowest BCUT2D eigenvalue weighted by molar-refractivity contribution is 0.322. The summed E-state index contributed by atoms with van der Waals surface area (Å²) in [4.78, 5) is 2.52. The van der Waals surface area contributed by atoms with E-state index >= 15 is 0 Å². The average Bonchev–Trinajstić information content (AvgIpc) is 2.69. The molecule has 0 bridgehead atoms. The first-order valence-corrected chi connectivity index (χ1v) is 6.50. The number of benzene rings is 1. The molecule has 2 nitrogen and oxygen atoms in total. The molecule has 0 saturated carbocycles. The van der Waals surface area contributed by atoms with Gasteiger partial charge in [-0.2, -0.15) is 0 Å². The Kier molecular flexibility index (Phi) is 3.99. The number of likely N-dealkylation sites (N-methyl/N-ethyl adjacent to an activating group) is 1. The molecule has 1 aliphatic heterocycles. The third kappa shape index (κ3) is 3.16. The highest BCUT2D eigenvalue weighted by atomic mass is 127. The van der Waals surface area contributed by atoms with Gasteiger partial charge < -0.3 is 5.32 Å². The Morgan fingerprint density at radius 3 is 2.73 bits per heavy atom. The Morgan fingerprint density at radius 2 is 2.13 bits per heavy atom. The van der Waals surface area contributed by atoms with Crippen molar-refractivity contribution in [3.05, 3.63) is 33.4 Å².